The smallest absolute Gasteiger partial charge is 0.312 e. The van der Waals surface area contributed by atoms with Crippen LogP contribution in [-0.4, -0.2) is 15.5 Å². The SMILES string of the molecule is CCc1cc(Br)ccc1-n1cccc1C(=O)NNc1ncc(C(F)(F)F)cc1Cl. The van der Waals surface area contributed by atoms with Crippen molar-refractivity contribution in [3.63, 3.8) is 0 Å². The van der Waals surface area contributed by atoms with Crippen molar-refractivity contribution in [2.45, 2.75) is 19.5 Å². The second-order valence-corrected chi connectivity index (χ2v) is 7.34. The summed E-state index contributed by atoms with van der Waals surface area (Å²) in [5, 5.41) is -0.267. The molecule has 0 saturated heterocycles. The molecule has 0 aliphatic heterocycles. The molecule has 29 heavy (non-hydrogen) atoms. The molecule has 0 fully saturated rings. The van der Waals surface area contributed by atoms with Crippen LogP contribution in [0.15, 0.2) is 53.3 Å². The highest BCUT2D eigenvalue weighted by Gasteiger charge is 2.31. The molecule has 0 spiro atoms. The third-order valence-electron chi connectivity index (χ3n) is 4.13. The highest BCUT2D eigenvalue weighted by Crippen LogP contribution is 2.32. The predicted molar refractivity (Wildman–Crippen MR) is 108 cm³/mol. The first-order valence-electron chi connectivity index (χ1n) is 8.46. The van der Waals surface area contributed by atoms with Gasteiger partial charge < -0.3 is 4.57 Å². The van der Waals surface area contributed by atoms with Crippen LogP contribution < -0.4 is 10.9 Å². The van der Waals surface area contributed by atoms with Crippen LogP contribution in [0.4, 0.5) is 19.0 Å². The fourth-order valence-corrected chi connectivity index (χ4v) is 3.34. The molecule has 0 aliphatic rings. The molecule has 2 N–H and O–H groups in total. The zero-order chi connectivity index (χ0) is 21.2. The van der Waals surface area contributed by atoms with Crippen LogP contribution in [0.25, 0.3) is 5.69 Å². The molecule has 1 amide bonds. The van der Waals surface area contributed by atoms with E-state index < -0.39 is 17.6 Å². The maximum absolute atomic E-state index is 12.7. The number of rotatable bonds is 5. The number of hydrazine groups is 1. The van der Waals surface area contributed by atoms with Crippen molar-refractivity contribution in [2.24, 2.45) is 0 Å². The third-order valence-corrected chi connectivity index (χ3v) is 4.91. The van der Waals surface area contributed by atoms with E-state index in [9.17, 15) is 18.0 Å². The van der Waals surface area contributed by atoms with Gasteiger partial charge in [0.05, 0.1) is 10.6 Å². The number of nitrogens with zero attached hydrogens (tertiary/aromatic N) is 2. The zero-order valence-electron chi connectivity index (χ0n) is 15.0. The summed E-state index contributed by atoms with van der Waals surface area (Å²) in [6.45, 7) is 2.01. The van der Waals surface area contributed by atoms with E-state index in [1.165, 1.54) is 0 Å². The van der Waals surface area contributed by atoms with Gasteiger partial charge in [0.1, 0.15) is 5.69 Å². The summed E-state index contributed by atoms with van der Waals surface area (Å²) in [6.07, 6.45) is -1.41. The lowest BCUT2D eigenvalue weighted by atomic mass is 10.1. The lowest BCUT2D eigenvalue weighted by molar-refractivity contribution is -0.137. The minimum absolute atomic E-state index is 0.0935. The number of alkyl halides is 3. The first-order chi connectivity index (χ1) is 13.7. The summed E-state index contributed by atoms with van der Waals surface area (Å²) in [5.41, 5.74) is 6.11. The van der Waals surface area contributed by atoms with Crippen LogP contribution in [0.1, 0.15) is 28.5 Å². The standard InChI is InChI=1S/C19H15BrClF3N4O/c1-2-11-8-13(20)5-6-15(11)28-7-3-4-16(28)18(29)27-26-17-14(21)9-12(10-25-17)19(22,23)24/h3-10H,2H2,1H3,(H,25,26)(H,27,29). The van der Waals surface area contributed by atoms with Gasteiger partial charge in [0, 0.05) is 22.6 Å². The van der Waals surface area contributed by atoms with Crippen LogP contribution in [0.5, 0.6) is 0 Å². The predicted octanol–water partition coefficient (Wildman–Crippen LogP) is 5.63. The lowest BCUT2D eigenvalue weighted by Crippen LogP contribution is -2.31. The third kappa shape index (κ3) is 4.73. The molecule has 0 aliphatic carbocycles. The maximum Gasteiger partial charge on any atom is 0.417 e. The number of anilines is 1. The zero-order valence-corrected chi connectivity index (χ0v) is 17.4. The normalized spacial score (nSPS) is 11.4. The van der Waals surface area contributed by atoms with Gasteiger partial charge in [-0.3, -0.25) is 15.6 Å². The summed E-state index contributed by atoms with van der Waals surface area (Å²) in [4.78, 5) is 16.2. The second kappa shape index (κ2) is 8.46. The minimum atomic E-state index is -4.55. The molecule has 0 unspecified atom stereocenters. The van der Waals surface area contributed by atoms with E-state index in [0.717, 1.165) is 28.2 Å². The van der Waals surface area contributed by atoms with E-state index in [2.05, 4.69) is 31.8 Å². The summed E-state index contributed by atoms with van der Waals surface area (Å²) in [5.74, 6) is -0.596. The summed E-state index contributed by atoms with van der Waals surface area (Å²) in [6, 6.07) is 9.82. The van der Waals surface area contributed by atoms with Crippen LogP contribution in [0.3, 0.4) is 0 Å². The summed E-state index contributed by atoms with van der Waals surface area (Å²) >= 11 is 9.27. The van der Waals surface area contributed by atoms with Crippen LogP contribution in [0.2, 0.25) is 5.02 Å². The number of hydrogen-bond acceptors (Lipinski definition) is 3. The monoisotopic (exact) mass is 486 g/mol. The number of halogens is 5. The van der Waals surface area contributed by atoms with Crippen molar-refractivity contribution in [1.82, 2.24) is 15.0 Å². The molecule has 10 heteroatoms. The second-order valence-electron chi connectivity index (χ2n) is 6.02. The average Bonchev–Trinajstić information content (AvgIpc) is 3.15. The summed E-state index contributed by atoms with van der Waals surface area (Å²) < 4.78 is 40.7. The fraction of sp³-hybridized carbons (Fsp3) is 0.158. The van der Waals surface area contributed by atoms with Crippen molar-refractivity contribution in [2.75, 3.05) is 5.43 Å². The molecule has 0 saturated carbocycles. The molecule has 0 radical (unpaired) electrons. The maximum atomic E-state index is 12.7. The minimum Gasteiger partial charge on any atom is -0.312 e. The quantitative estimate of drug-likeness (QED) is 0.459. The Bertz CT molecular complexity index is 1050. The summed E-state index contributed by atoms with van der Waals surface area (Å²) in [7, 11) is 0. The van der Waals surface area contributed by atoms with Crippen molar-refractivity contribution in [3.8, 4) is 5.69 Å². The Hall–Kier alpha value is -2.52. The Morgan fingerprint density at radius 2 is 2.03 bits per heavy atom. The number of carbonyl (C=O) groups excluding carboxylic acids is 1. The van der Waals surface area contributed by atoms with Gasteiger partial charge in [-0.1, -0.05) is 34.5 Å². The van der Waals surface area contributed by atoms with E-state index in [0.29, 0.717) is 11.9 Å². The lowest BCUT2D eigenvalue weighted by Gasteiger charge is -2.15. The molecule has 3 aromatic rings. The van der Waals surface area contributed by atoms with Crippen LogP contribution in [0, 0.1) is 0 Å². The molecule has 3 rings (SSSR count). The van der Waals surface area contributed by atoms with Crippen molar-refractivity contribution in [1.29, 1.82) is 0 Å². The molecular weight excluding hydrogens is 473 g/mol. The van der Waals surface area contributed by atoms with E-state index in [1.54, 1.807) is 22.9 Å². The molecule has 5 nitrogen and oxygen atoms in total. The highest BCUT2D eigenvalue weighted by atomic mass is 79.9. The molecule has 152 valence electrons. The van der Waals surface area contributed by atoms with E-state index in [-0.39, 0.29) is 10.8 Å². The molecule has 0 atom stereocenters. The highest BCUT2D eigenvalue weighted by molar-refractivity contribution is 9.10. The van der Waals surface area contributed by atoms with Crippen LogP contribution in [-0.2, 0) is 12.6 Å². The number of carbonyl (C=O) groups is 1. The Morgan fingerprint density at radius 3 is 2.69 bits per heavy atom. The van der Waals surface area contributed by atoms with E-state index in [1.807, 2.05) is 25.1 Å². The molecule has 2 heterocycles. The number of amides is 1. The topological polar surface area (TPSA) is 59.0 Å². The van der Waals surface area contributed by atoms with Crippen molar-refractivity contribution in [3.05, 3.63) is 75.1 Å². The molecule has 1 aromatic carbocycles. The largest absolute Gasteiger partial charge is 0.417 e. The van der Waals surface area contributed by atoms with Crippen LogP contribution >= 0.6 is 27.5 Å². The van der Waals surface area contributed by atoms with Gasteiger partial charge in [0.25, 0.3) is 5.91 Å². The number of aryl methyl sites for hydroxylation is 1. The van der Waals surface area contributed by atoms with Crippen molar-refractivity contribution >= 4 is 39.3 Å². The fourth-order valence-electron chi connectivity index (χ4n) is 2.71. The number of pyridine rings is 1. The van der Waals surface area contributed by atoms with Gasteiger partial charge in [0.2, 0.25) is 0 Å². The molecule has 2 aromatic heterocycles. The molecular formula is C19H15BrClF3N4O. The average molecular weight is 488 g/mol. The van der Waals surface area contributed by atoms with Gasteiger partial charge in [-0.2, -0.15) is 13.2 Å². The van der Waals surface area contributed by atoms with Crippen molar-refractivity contribution < 1.29 is 18.0 Å². The Labute approximate surface area is 178 Å². The van der Waals surface area contributed by atoms with Gasteiger partial charge in [-0.25, -0.2) is 4.98 Å². The Morgan fingerprint density at radius 1 is 1.28 bits per heavy atom. The van der Waals surface area contributed by atoms with Gasteiger partial charge in [-0.15, -0.1) is 0 Å². The van der Waals surface area contributed by atoms with Gasteiger partial charge in [0.15, 0.2) is 5.82 Å². The molecule has 0 bridgehead atoms. The van der Waals surface area contributed by atoms with E-state index in [4.69, 9.17) is 11.6 Å². The first kappa shape index (κ1) is 21.2. The van der Waals surface area contributed by atoms with Gasteiger partial charge >= 0.3 is 6.18 Å². The Balaban J connectivity index is 1.79. The number of nitrogens with one attached hydrogen (secondary N) is 2. The number of hydrogen-bond donors (Lipinski definition) is 2. The van der Waals surface area contributed by atoms with E-state index >= 15 is 0 Å². The number of benzene rings is 1. The number of aromatic nitrogens is 2. The Kier molecular flexibility index (Phi) is 6.18. The first-order valence-corrected chi connectivity index (χ1v) is 9.63. The van der Waals surface area contributed by atoms with Gasteiger partial charge in [-0.05, 0) is 48.4 Å².